The normalized spacial score (nSPS) is 16.1. The highest BCUT2D eigenvalue weighted by Gasteiger charge is 2.18. The first kappa shape index (κ1) is 13.8. The number of nitrogen functional groups attached to an aromatic ring is 1. The number of piperazine rings is 1. The molecule has 2 heterocycles. The van der Waals surface area contributed by atoms with Gasteiger partial charge < -0.3 is 10.6 Å². The van der Waals surface area contributed by atoms with E-state index in [9.17, 15) is 0 Å². The molecule has 1 aliphatic rings. The number of para-hydroxylation sites is 1. The summed E-state index contributed by atoms with van der Waals surface area (Å²) < 4.78 is 0. The maximum absolute atomic E-state index is 5.99. The zero-order valence-corrected chi connectivity index (χ0v) is 12.2. The van der Waals surface area contributed by atoms with Gasteiger partial charge in [-0.2, -0.15) is 0 Å². The van der Waals surface area contributed by atoms with Crippen LogP contribution < -0.4 is 10.6 Å². The molecule has 1 aliphatic heterocycles. The van der Waals surface area contributed by atoms with Gasteiger partial charge in [0.1, 0.15) is 0 Å². The molecule has 0 atom stereocenters. The molecule has 0 spiro atoms. The maximum atomic E-state index is 5.99. The van der Waals surface area contributed by atoms with E-state index in [0.717, 1.165) is 50.8 Å². The molecule has 1 fully saturated rings. The van der Waals surface area contributed by atoms with Gasteiger partial charge in [-0.05, 0) is 24.1 Å². The fourth-order valence-corrected chi connectivity index (χ4v) is 2.67. The van der Waals surface area contributed by atoms with Crippen molar-refractivity contribution in [3.63, 3.8) is 0 Å². The van der Waals surface area contributed by atoms with Crippen LogP contribution in [0.5, 0.6) is 0 Å². The average Bonchev–Trinajstić information content (AvgIpc) is 2.55. The van der Waals surface area contributed by atoms with Crippen LogP contribution in [0.4, 0.5) is 11.6 Å². The third-order valence-corrected chi connectivity index (χ3v) is 3.96. The first-order valence-electron chi connectivity index (χ1n) is 7.40. The van der Waals surface area contributed by atoms with Gasteiger partial charge in [0.05, 0.1) is 0 Å². The van der Waals surface area contributed by atoms with Crippen molar-refractivity contribution in [3.8, 4) is 0 Å². The van der Waals surface area contributed by atoms with Crippen molar-refractivity contribution in [2.45, 2.75) is 6.42 Å². The molecule has 3 rings (SSSR count). The van der Waals surface area contributed by atoms with Crippen molar-refractivity contribution in [2.24, 2.45) is 0 Å². The summed E-state index contributed by atoms with van der Waals surface area (Å²) in [6, 6.07) is 9.97. The zero-order chi connectivity index (χ0) is 14.5. The summed E-state index contributed by atoms with van der Waals surface area (Å²) in [6.07, 6.45) is 4.61. The summed E-state index contributed by atoms with van der Waals surface area (Å²) >= 11 is 0. The molecule has 0 aliphatic carbocycles. The molecule has 2 N–H and O–H groups in total. The minimum atomic E-state index is 0.837. The predicted molar refractivity (Wildman–Crippen MR) is 85.2 cm³/mol. The van der Waals surface area contributed by atoms with Gasteiger partial charge in [0.15, 0.2) is 0 Å². The monoisotopic (exact) mass is 283 g/mol. The van der Waals surface area contributed by atoms with Gasteiger partial charge in [0.25, 0.3) is 0 Å². The third kappa shape index (κ3) is 3.49. The molecule has 0 amide bonds. The fourth-order valence-electron chi connectivity index (χ4n) is 2.67. The van der Waals surface area contributed by atoms with Gasteiger partial charge in [-0.15, -0.1) is 0 Å². The van der Waals surface area contributed by atoms with E-state index >= 15 is 0 Å². The van der Waals surface area contributed by atoms with E-state index in [2.05, 4.69) is 31.9 Å². The Balaban J connectivity index is 1.49. The number of nitrogens with two attached hydrogens (primary N) is 1. The van der Waals surface area contributed by atoms with E-state index in [4.69, 9.17) is 5.73 Å². The summed E-state index contributed by atoms with van der Waals surface area (Å²) in [5.41, 5.74) is 8.13. The number of benzene rings is 1. The number of aromatic nitrogens is 2. The fraction of sp³-hybridized carbons (Fsp3) is 0.375. The lowest BCUT2D eigenvalue weighted by Gasteiger charge is -2.34. The van der Waals surface area contributed by atoms with Gasteiger partial charge in [-0.1, -0.05) is 18.2 Å². The van der Waals surface area contributed by atoms with E-state index in [1.54, 1.807) is 12.4 Å². The van der Waals surface area contributed by atoms with E-state index in [1.165, 1.54) is 5.56 Å². The lowest BCUT2D eigenvalue weighted by molar-refractivity contribution is 0.260. The van der Waals surface area contributed by atoms with Crippen LogP contribution in [0.25, 0.3) is 0 Å². The van der Waals surface area contributed by atoms with Gasteiger partial charge >= 0.3 is 0 Å². The number of hydrogen-bond donors (Lipinski definition) is 1. The summed E-state index contributed by atoms with van der Waals surface area (Å²) in [6.45, 7) is 5.11. The van der Waals surface area contributed by atoms with Crippen LogP contribution >= 0.6 is 0 Å². The Bertz CT molecular complexity index is 564. The van der Waals surface area contributed by atoms with Gasteiger partial charge in [-0.25, -0.2) is 9.97 Å². The van der Waals surface area contributed by atoms with Crippen LogP contribution in [0.1, 0.15) is 5.56 Å². The molecule has 110 valence electrons. The quantitative estimate of drug-likeness (QED) is 0.860. The number of nitrogens with zero attached hydrogens (tertiary/aromatic N) is 4. The van der Waals surface area contributed by atoms with E-state index in [0.29, 0.717) is 0 Å². The van der Waals surface area contributed by atoms with Crippen LogP contribution in [-0.2, 0) is 6.42 Å². The Kier molecular flexibility index (Phi) is 4.31. The van der Waals surface area contributed by atoms with Crippen molar-refractivity contribution in [1.29, 1.82) is 0 Å². The van der Waals surface area contributed by atoms with Crippen LogP contribution in [0.3, 0.4) is 0 Å². The van der Waals surface area contributed by atoms with Gasteiger partial charge in [0, 0.05) is 50.8 Å². The molecule has 1 aromatic heterocycles. The molecule has 5 heteroatoms. The summed E-state index contributed by atoms with van der Waals surface area (Å²) in [4.78, 5) is 13.3. The number of anilines is 2. The van der Waals surface area contributed by atoms with Crippen molar-refractivity contribution < 1.29 is 0 Å². The summed E-state index contributed by atoms with van der Waals surface area (Å²) in [5.74, 6) is 0.837. The minimum absolute atomic E-state index is 0.837. The average molecular weight is 283 g/mol. The Hall–Kier alpha value is -2.14. The van der Waals surface area contributed by atoms with Crippen molar-refractivity contribution >= 4 is 11.6 Å². The largest absolute Gasteiger partial charge is 0.399 e. The summed E-state index contributed by atoms with van der Waals surface area (Å²) in [7, 11) is 0. The summed E-state index contributed by atoms with van der Waals surface area (Å²) in [5, 5.41) is 0. The first-order chi connectivity index (χ1) is 10.3. The van der Waals surface area contributed by atoms with Crippen molar-refractivity contribution in [1.82, 2.24) is 14.9 Å². The maximum Gasteiger partial charge on any atom is 0.225 e. The lowest BCUT2D eigenvalue weighted by atomic mass is 10.1. The Morgan fingerprint density at radius 2 is 1.67 bits per heavy atom. The molecule has 0 radical (unpaired) electrons. The van der Waals surface area contributed by atoms with Crippen LogP contribution in [0.2, 0.25) is 0 Å². The number of rotatable bonds is 4. The molecular formula is C16H21N5. The van der Waals surface area contributed by atoms with E-state index in [-0.39, 0.29) is 0 Å². The predicted octanol–water partition coefficient (Wildman–Crippen LogP) is 1.42. The molecular weight excluding hydrogens is 262 g/mol. The third-order valence-electron chi connectivity index (χ3n) is 3.96. The zero-order valence-electron chi connectivity index (χ0n) is 12.2. The first-order valence-corrected chi connectivity index (χ1v) is 7.40. The Morgan fingerprint density at radius 3 is 2.38 bits per heavy atom. The molecule has 21 heavy (non-hydrogen) atoms. The molecule has 0 saturated carbocycles. The Morgan fingerprint density at radius 1 is 0.952 bits per heavy atom. The number of hydrogen-bond acceptors (Lipinski definition) is 5. The second kappa shape index (κ2) is 6.54. The topological polar surface area (TPSA) is 58.3 Å². The van der Waals surface area contributed by atoms with Crippen molar-refractivity contribution in [2.75, 3.05) is 43.4 Å². The molecule has 1 aromatic carbocycles. The highest BCUT2D eigenvalue weighted by molar-refractivity contribution is 5.46. The molecule has 2 aromatic rings. The van der Waals surface area contributed by atoms with Crippen LogP contribution in [0, 0.1) is 0 Å². The van der Waals surface area contributed by atoms with E-state index < -0.39 is 0 Å². The van der Waals surface area contributed by atoms with Crippen LogP contribution in [-0.4, -0.2) is 47.6 Å². The Labute approximate surface area is 125 Å². The van der Waals surface area contributed by atoms with Crippen LogP contribution in [0.15, 0.2) is 42.7 Å². The molecule has 1 saturated heterocycles. The standard InChI is InChI=1S/C16H21N5/c17-15-5-2-1-4-14(15)6-9-20-10-12-21(13-11-20)16-18-7-3-8-19-16/h1-5,7-8H,6,9-13,17H2. The van der Waals surface area contributed by atoms with Gasteiger partial charge in [-0.3, -0.25) is 4.90 Å². The van der Waals surface area contributed by atoms with E-state index in [1.807, 2.05) is 18.2 Å². The second-order valence-corrected chi connectivity index (χ2v) is 5.33. The second-order valence-electron chi connectivity index (χ2n) is 5.33. The molecule has 0 bridgehead atoms. The van der Waals surface area contributed by atoms with Crippen molar-refractivity contribution in [3.05, 3.63) is 48.3 Å². The lowest BCUT2D eigenvalue weighted by Crippen LogP contribution is -2.47. The highest BCUT2D eigenvalue weighted by Crippen LogP contribution is 2.13. The smallest absolute Gasteiger partial charge is 0.225 e. The highest BCUT2D eigenvalue weighted by atomic mass is 15.3. The SMILES string of the molecule is Nc1ccccc1CCN1CCN(c2ncccn2)CC1. The van der Waals surface area contributed by atoms with Gasteiger partial charge in [0.2, 0.25) is 5.95 Å². The minimum Gasteiger partial charge on any atom is -0.399 e. The molecule has 5 nitrogen and oxygen atoms in total. The molecule has 0 unspecified atom stereocenters.